The van der Waals surface area contributed by atoms with Crippen LogP contribution < -0.4 is 4.90 Å². The molecule has 0 unspecified atom stereocenters. The molecule has 1 heterocycles. The Balaban J connectivity index is 1.53. The summed E-state index contributed by atoms with van der Waals surface area (Å²) in [5.41, 5.74) is 2.20. The predicted molar refractivity (Wildman–Crippen MR) is 154 cm³/mol. The Hall–Kier alpha value is -4.31. The summed E-state index contributed by atoms with van der Waals surface area (Å²) in [7, 11) is 0. The summed E-state index contributed by atoms with van der Waals surface area (Å²) in [6, 6.07) is 33.5. The van der Waals surface area contributed by atoms with Gasteiger partial charge in [0.25, 0.3) is 0 Å². The highest BCUT2D eigenvalue weighted by atomic mass is 16.2. The second-order valence-electron chi connectivity index (χ2n) is 10.9. The number of fused-ring (bicyclic) bond motifs is 6. The highest BCUT2D eigenvalue weighted by Gasteiger charge is 2.80. The average molecular weight is 512 g/mol. The van der Waals surface area contributed by atoms with Gasteiger partial charge in [0.15, 0.2) is 5.78 Å². The number of nitrogens with zero attached hydrogens (tertiary/aromatic N) is 1. The second-order valence-corrected chi connectivity index (χ2v) is 10.9. The van der Waals surface area contributed by atoms with Gasteiger partial charge in [-0.05, 0) is 46.6 Å². The average Bonchev–Trinajstić information content (AvgIpc) is 3.48. The Morgan fingerprint density at radius 2 is 1.05 bits per heavy atom. The molecule has 3 aliphatic rings. The van der Waals surface area contributed by atoms with Gasteiger partial charge in [-0.2, -0.15) is 0 Å². The molecule has 4 heteroatoms. The van der Waals surface area contributed by atoms with Gasteiger partial charge in [-0.1, -0.05) is 111 Å². The number of anilines is 1. The first kappa shape index (κ1) is 23.8. The number of hydrogen-bond acceptors (Lipinski definition) is 3. The molecule has 1 saturated heterocycles. The molecule has 4 aromatic carbocycles. The summed E-state index contributed by atoms with van der Waals surface area (Å²) in [5.74, 6) is -1.94. The van der Waals surface area contributed by atoms with E-state index in [1.54, 1.807) is 0 Å². The molecule has 0 aromatic heterocycles. The van der Waals surface area contributed by atoms with Gasteiger partial charge in [-0.25, -0.2) is 4.90 Å². The predicted octanol–water partition coefficient (Wildman–Crippen LogP) is 6.95. The van der Waals surface area contributed by atoms with Crippen LogP contribution in [0.4, 0.5) is 5.69 Å². The van der Waals surface area contributed by atoms with Crippen LogP contribution in [-0.4, -0.2) is 17.6 Å². The quantitative estimate of drug-likeness (QED) is 0.273. The van der Waals surface area contributed by atoms with E-state index in [9.17, 15) is 14.4 Å². The van der Waals surface area contributed by atoms with Crippen molar-refractivity contribution in [1.82, 2.24) is 0 Å². The Morgan fingerprint density at radius 3 is 1.56 bits per heavy atom. The monoisotopic (exact) mass is 511 g/mol. The molecule has 0 N–H and O–H groups in total. The number of rotatable bonds is 5. The minimum atomic E-state index is -1.07. The number of imide groups is 1. The summed E-state index contributed by atoms with van der Waals surface area (Å²) < 4.78 is 0. The number of carbonyl (C=O) groups excluding carboxylic acids is 3. The first-order valence-corrected chi connectivity index (χ1v) is 13.8. The third-order valence-corrected chi connectivity index (χ3v) is 9.57. The minimum absolute atomic E-state index is 0.0342. The number of amides is 2. The number of Topliss-reactive ketones (excluding diaryl/α,β-unsaturated/α-hetero) is 1. The first-order valence-electron chi connectivity index (χ1n) is 13.8. The standard InChI is InChI=1S/C35H29NO3/c1-3-34-27(23-15-7-5-8-16-23)28(24-17-9-6-10-18-24)35(4-2,33(34)39)30-29(34)31(37)36(32(30)38)26-21-13-19-22-14-11-12-20-25(22)26/h5-21,29-30H,3-4H2,1-2H3/t29-,30-,34-,35+/m1/s1. The van der Waals surface area contributed by atoms with Crippen molar-refractivity contribution in [3.63, 3.8) is 0 Å². The fourth-order valence-corrected chi connectivity index (χ4v) is 8.10. The lowest BCUT2D eigenvalue weighted by molar-refractivity contribution is -0.134. The van der Waals surface area contributed by atoms with Crippen LogP contribution in [0.1, 0.15) is 37.8 Å². The minimum Gasteiger partial charge on any atom is -0.298 e. The Bertz CT molecular complexity index is 1620. The van der Waals surface area contributed by atoms with Crippen LogP contribution in [0.2, 0.25) is 0 Å². The fourth-order valence-electron chi connectivity index (χ4n) is 8.10. The maximum absolute atomic E-state index is 14.8. The van der Waals surface area contributed by atoms with Gasteiger partial charge in [0.1, 0.15) is 0 Å². The lowest BCUT2D eigenvalue weighted by atomic mass is 9.60. The molecule has 1 saturated carbocycles. The topological polar surface area (TPSA) is 54.5 Å². The van der Waals surface area contributed by atoms with Gasteiger partial charge in [0, 0.05) is 5.39 Å². The van der Waals surface area contributed by atoms with Crippen LogP contribution in [0, 0.1) is 22.7 Å². The smallest absolute Gasteiger partial charge is 0.239 e. The van der Waals surface area contributed by atoms with Gasteiger partial charge in [-0.15, -0.1) is 0 Å². The van der Waals surface area contributed by atoms with Crippen molar-refractivity contribution in [2.75, 3.05) is 4.90 Å². The number of carbonyl (C=O) groups is 3. The van der Waals surface area contributed by atoms with Crippen molar-refractivity contribution in [2.24, 2.45) is 22.7 Å². The van der Waals surface area contributed by atoms with Crippen LogP contribution in [0.25, 0.3) is 21.9 Å². The molecule has 4 nitrogen and oxygen atoms in total. The molecular weight excluding hydrogens is 482 g/mol. The third-order valence-electron chi connectivity index (χ3n) is 9.57. The van der Waals surface area contributed by atoms with Crippen molar-refractivity contribution in [2.45, 2.75) is 26.7 Å². The SMILES string of the molecule is CC[C@]12C(=O)[C@](CC)(C(c3ccccc3)=C1c1ccccc1)[C@H]1C(=O)N(c3cccc4ccccc34)C(=O)[C@@H]12. The molecule has 7 rings (SSSR count). The largest absolute Gasteiger partial charge is 0.298 e. The van der Waals surface area contributed by atoms with Crippen molar-refractivity contribution >= 4 is 45.2 Å². The molecule has 2 bridgehead atoms. The number of hydrogen-bond donors (Lipinski definition) is 0. The molecule has 2 aliphatic carbocycles. The maximum atomic E-state index is 14.8. The molecule has 0 spiro atoms. The van der Waals surface area contributed by atoms with E-state index in [2.05, 4.69) is 0 Å². The third kappa shape index (κ3) is 2.76. The summed E-state index contributed by atoms with van der Waals surface area (Å²) >= 11 is 0. The van der Waals surface area contributed by atoms with Crippen LogP contribution in [0.15, 0.2) is 103 Å². The van der Waals surface area contributed by atoms with E-state index in [1.807, 2.05) is 117 Å². The zero-order chi connectivity index (χ0) is 26.9. The van der Waals surface area contributed by atoms with E-state index in [1.165, 1.54) is 4.90 Å². The number of ketones is 1. The van der Waals surface area contributed by atoms with Crippen LogP contribution in [-0.2, 0) is 14.4 Å². The van der Waals surface area contributed by atoms with Gasteiger partial charge < -0.3 is 0 Å². The lowest BCUT2D eigenvalue weighted by Gasteiger charge is -2.38. The molecular formula is C35H29NO3. The van der Waals surface area contributed by atoms with Gasteiger partial charge in [0.05, 0.1) is 28.4 Å². The van der Waals surface area contributed by atoms with Gasteiger partial charge >= 0.3 is 0 Å². The Morgan fingerprint density at radius 1 is 0.590 bits per heavy atom. The second kappa shape index (κ2) is 8.34. The highest BCUT2D eigenvalue weighted by molar-refractivity contribution is 6.35. The van der Waals surface area contributed by atoms with Crippen molar-refractivity contribution in [3.05, 3.63) is 114 Å². The number of allylic oxidation sites excluding steroid dienone is 2. The Labute approximate surface area is 228 Å². The number of benzene rings is 4. The normalized spacial score (nSPS) is 27.6. The van der Waals surface area contributed by atoms with E-state index in [4.69, 9.17) is 0 Å². The zero-order valence-electron chi connectivity index (χ0n) is 22.1. The Kier molecular flexibility index (Phi) is 5.09. The molecule has 4 aromatic rings. The molecule has 192 valence electrons. The van der Waals surface area contributed by atoms with E-state index >= 15 is 0 Å². The van der Waals surface area contributed by atoms with Gasteiger partial charge in [-0.3, -0.25) is 14.4 Å². The van der Waals surface area contributed by atoms with Crippen molar-refractivity contribution < 1.29 is 14.4 Å². The van der Waals surface area contributed by atoms with Crippen molar-refractivity contribution in [3.8, 4) is 0 Å². The first-order chi connectivity index (χ1) is 19.0. The van der Waals surface area contributed by atoms with Crippen LogP contribution in [0.3, 0.4) is 0 Å². The molecule has 1 aliphatic heterocycles. The summed E-state index contributed by atoms with van der Waals surface area (Å²) in [6.45, 7) is 3.99. The van der Waals surface area contributed by atoms with E-state index in [0.29, 0.717) is 18.5 Å². The van der Waals surface area contributed by atoms with Gasteiger partial charge in [0.2, 0.25) is 11.8 Å². The molecule has 2 amide bonds. The van der Waals surface area contributed by atoms with Crippen molar-refractivity contribution in [1.29, 1.82) is 0 Å². The van der Waals surface area contributed by atoms with E-state index in [-0.39, 0.29) is 17.6 Å². The fraction of sp³-hybridized carbons (Fsp3) is 0.229. The highest BCUT2D eigenvalue weighted by Crippen LogP contribution is 2.75. The lowest BCUT2D eigenvalue weighted by Crippen LogP contribution is -2.41. The maximum Gasteiger partial charge on any atom is 0.239 e. The zero-order valence-corrected chi connectivity index (χ0v) is 22.1. The molecule has 39 heavy (non-hydrogen) atoms. The summed E-state index contributed by atoms with van der Waals surface area (Å²) in [4.78, 5) is 45.3. The van der Waals surface area contributed by atoms with E-state index in [0.717, 1.165) is 33.0 Å². The summed E-state index contributed by atoms with van der Waals surface area (Å²) in [5, 5.41) is 1.83. The summed E-state index contributed by atoms with van der Waals surface area (Å²) in [6.07, 6.45) is 0.912. The van der Waals surface area contributed by atoms with E-state index < -0.39 is 22.7 Å². The van der Waals surface area contributed by atoms with Crippen LogP contribution >= 0.6 is 0 Å². The molecule has 2 fully saturated rings. The molecule has 4 atom stereocenters. The van der Waals surface area contributed by atoms with Crippen LogP contribution in [0.5, 0.6) is 0 Å². The molecule has 0 radical (unpaired) electrons.